The van der Waals surface area contributed by atoms with Gasteiger partial charge in [0.25, 0.3) is 5.91 Å². The van der Waals surface area contributed by atoms with Gasteiger partial charge in [-0.15, -0.1) is 0 Å². The predicted molar refractivity (Wildman–Crippen MR) is 76.9 cm³/mol. The van der Waals surface area contributed by atoms with Gasteiger partial charge in [-0.1, -0.05) is 23.8 Å². The van der Waals surface area contributed by atoms with Gasteiger partial charge in [0, 0.05) is 17.3 Å². The molecule has 0 aromatic heterocycles. The van der Waals surface area contributed by atoms with Gasteiger partial charge in [-0.25, -0.2) is 0 Å². The third-order valence-electron chi connectivity index (χ3n) is 2.98. The van der Waals surface area contributed by atoms with Crippen LogP contribution in [0.1, 0.15) is 21.5 Å². The van der Waals surface area contributed by atoms with Crippen molar-refractivity contribution in [2.24, 2.45) is 0 Å². The van der Waals surface area contributed by atoms with Gasteiger partial charge in [-0.05, 0) is 37.6 Å². The molecule has 2 rings (SSSR count). The molecule has 2 aromatic rings. The van der Waals surface area contributed by atoms with Crippen molar-refractivity contribution in [3.8, 4) is 5.75 Å². The summed E-state index contributed by atoms with van der Waals surface area (Å²) < 4.78 is 5.24. The first-order chi connectivity index (χ1) is 9.10. The zero-order chi connectivity index (χ0) is 13.8. The van der Waals surface area contributed by atoms with Crippen LogP contribution >= 0.6 is 0 Å². The third kappa shape index (κ3) is 3.13. The number of ether oxygens (including phenoxy) is 1. The Labute approximate surface area is 113 Å². The molecule has 98 valence electrons. The number of amides is 1. The van der Waals surface area contributed by atoms with E-state index in [1.165, 1.54) is 0 Å². The van der Waals surface area contributed by atoms with E-state index in [-0.39, 0.29) is 5.91 Å². The van der Waals surface area contributed by atoms with Crippen LogP contribution < -0.4 is 10.1 Å². The Morgan fingerprint density at radius 2 is 1.74 bits per heavy atom. The molecule has 1 amide bonds. The Kier molecular flexibility index (Phi) is 3.85. The maximum absolute atomic E-state index is 12.1. The van der Waals surface area contributed by atoms with Crippen LogP contribution in [0.25, 0.3) is 0 Å². The highest BCUT2D eigenvalue weighted by atomic mass is 16.5. The van der Waals surface area contributed by atoms with Crippen molar-refractivity contribution in [1.29, 1.82) is 0 Å². The lowest BCUT2D eigenvalue weighted by atomic mass is 10.1. The topological polar surface area (TPSA) is 38.3 Å². The fourth-order valence-corrected chi connectivity index (χ4v) is 1.81. The second-order valence-corrected chi connectivity index (χ2v) is 4.50. The quantitative estimate of drug-likeness (QED) is 0.910. The number of benzene rings is 2. The molecule has 0 aliphatic carbocycles. The minimum absolute atomic E-state index is 0.120. The fraction of sp³-hybridized carbons (Fsp3) is 0.188. The number of hydrogen-bond acceptors (Lipinski definition) is 2. The first kappa shape index (κ1) is 13.1. The van der Waals surface area contributed by atoms with Gasteiger partial charge in [-0.3, -0.25) is 4.79 Å². The van der Waals surface area contributed by atoms with Gasteiger partial charge in [0.2, 0.25) is 0 Å². The molecule has 0 atom stereocenters. The van der Waals surface area contributed by atoms with Crippen LogP contribution in [0, 0.1) is 13.8 Å². The van der Waals surface area contributed by atoms with E-state index in [1.807, 2.05) is 56.3 Å². The normalized spacial score (nSPS) is 10.1. The molecule has 0 fully saturated rings. The van der Waals surface area contributed by atoms with Crippen LogP contribution in [0.2, 0.25) is 0 Å². The lowest BCUT2D eigenvalue weighted by Gasteiger charge is -2.09. The Morgan fingerprint density at radius 3 is 2.37 bits per heavy atom. The molecule has 3 nitrogen and oxygen atoms in total. The highest BCUT2D eigenvalue weighted by Crippen LogP contribution is 2.22. The van der Waals surface area contributed by atoms with Crippen LogP contribution in [-0.2, 0) is 0 Å². The summed E-state index contributed by atoms with van der Waals surface area (Å²) in [5.74, 6) is 0.646. The lowest BCUT2D eigenvalue weighted by Crippen LogP contribution is -2.11. The Balaban J connectivity index is 2.17. The van der Waals surface area contributed by atoms with Crippen LogP contribution in [0.3, 0.4) is 0 Å². The van der Waals surface area contributed by atoms with E-state index in [0.29, 0.717) is 5.56 Å². The number of methoxy groups -OCH3 is 1. The van der Waals surface area contributed by atoms with E-state index >= 15 is 0 Å². The smallest absolute Gasteiger partial charge is 0.255 e. The minimum atomic E-state index is -0.120. The molecule has 19 heavy (non-hydrogen) atoms. The van der Waals surface area contributed by atoms with Crippen molar-refractivity contribution >= 4 is 11.6 Å². The third-order valence-corrected chi connectivity index (χ3v) is 2.98. The lowest BCUT2D eigenvalue weighted by molar-refractivity contribution is 0.102. The average molecular weight is 255 g/mol. The minimum Gasteiger partial charge on any atom is -0.496 e. The predicted octanol–water partition coefficient (Wildman–Crippen LogP) is 3.56. The van der Waals surface area contributed by atoms with Gasteiger partial charge in [0.1, 0.15) is 5.75 Å². The molecule has 0 spiro atoms. The zero-order valence-corrected chi connectivity index (χ0v) is 11.4. The summed E-state index contributed by atoms with van der Waals surface area (Å²) in [5.41, 5.74) is 3.54. The SMILES string of the molecule is COc1cc(NC(=O)c2ccc(C)cc2)ccc1C. The zero-order valence-electron chi connectivity index (χ0n) is 11.4. The molecule has 0 unspecified atom stereocenters. The van der Waals surface area contributed by atoms with E-state index in [2.05, 4.69) is 5.32 Å². The molecule has 0 aliphatic heterocycles. The van der Waals surface area contributed by atoms with Crippen LogP contribution in [0.15, 0.2) is 42.5 Å². The van der Waals surface area contributed by atoms with Crippen molar-refractivity contribution in [2.45, 2.75) is 13.8 Å². The highest BCUT2D eigenvalue weighted by molar-refractivity contribution is 6.04. The summed E-state index contributed by atoms with van der Waals surface area (Å²) >= 11 is 0. The fourth-order valence-electron chi connectivity index (χ4n) is 1.81. The Morgan fingerprint density at radius 1 is 1.05 bits per heavy atom. The summed E-state index contributed by atoms with van der Waals surface area (Å²) in [7, 11) is 1.62. The second kappa shape index (κ2) is 5.57. The van der Waals surface area contributed by atoms with Crippen molar-refractivity contribution in [3.63, 3.8) is 0 Å². The molecule has 0 radical (unpaired) electrons. The number of nitrogens with one attached hydrogen (secondary N) is 1. The number of hydrogen-bond donors (Lipinski definition) is 1. The number of carbonyl (C=O) groups excluding carboxylic acids is 1. The first-order valence-electron chi connectivity index (χ1n) is 6.13. The second-order valence-electron chi connectivity index (χ2n) is 4.50. The van der Waals surface area contributed by atoms with Crippen molar-refractivity contribution in [2.75, 3.05) is 12.4 Å². The van der Waals surface area contributed by atoms with Crippen molar-refractivity contribution < 1.29 is 9.53 Å². The van der Waals surface area contributed by atoms with Gasteiger partial charge >= 0.3 is 0 Å². The van der Waals surface area contributed by atoms with Crippen LogP contribution in [-0.4, -0.2) is 13.0 Å². The molecule has 3 heteroatoms. The van der Waals surface area contributed by atoms with E-state index in [1.54, 1.807) is 7.11 Å². The largest absolute Gasteiger partial charge is 0.496 e. The first-order valence-corrected chi connectivity index (χ1v) is 6.13. The molecule has 0 heterocycles. The molecular weight excluding hydrogens is 238 g/mol. The molecule has 0 saturated heterocycles. The van der Waals surface area contributed by atoms with E-state index in [0.717, 1.165) is 22.6 Å². The number of carbonyl (C=O) groups is 1. The molecule has 1 N–H and O–H groups in total. The summed E-state index contributed by atoms with van der Waals surface area (Å²) in [6.07, 6.45) is 0. The van der Waals surface area contributed by atoms with Crippen LogP contribution in [0.4, 0.5) is 5.69 Å². The summed E-state index contributed by atoms with van der Waals surface area (Å²) in [4.78, 5) is 12.1. The maximum atomic E-state index is 12.1. The number of aryl methyl sites for hydroxylation is 2. The van der Waals surface area contributed by atoms with Crippen molar-refractivity contribution in [3.05, 3.63) is 59.2 Å². The van der Waals surface area contributed by atoms with E-state index in [4.69, 9.17) is 4.74 Å². The average Bonchev–Trinajstić information content (AvgIpc) is 2.41. The molecule has 2 aromatic carbocycles. The van der Waals surface area contributed by atoms with Crippen LogP contribution in [0.5, 0.6) is 5.75 Å². The molecule has 0 saturated carbocycles. The summed E-state index contributed by atoms with van der Waals surface area (Å²) in [6, 6.07) is 13.1. The standard InChI is InChI=1S/C16H17NO2/c1-11-4-7-13(8-5-11)16(18)17-14-9-6-12(2)15(10-14)19-3/h4-10H,1-3H3,(H,17,18). The highest BCUT2D eigenvalue weighted by Gasteiger charge is 2.07. The van der Waals surface area contributed by atoms with Gasteiger partial charge < -0.3 is 10.1 Å². The van der Waals surface area contributed by atoms with Gasteiger partial charge in [-0.2, -0.15) is 0 Å². The van der Waals surface area contributed by atoms with Crippen molar-refractivity contribution in [1.82, 2.24) is 0 Å². The summed E-state index contributed by atoms with van der Waals surface area (Å²) in [6.45, 7) is 3.96. The van der Waals surface area contributed by atoms with E-state index < -0.39 is 0 Å². The Bertz CT molecular complexity index is 588. The Hall–Kier alpha value is -2.29. The summed E-state index contributed by atoms with van der Waals surface area (Å²) in [5, 5.41) is 2.86. The monoisotopic (exact) mass is 255 g/mol. The van der Waals surface area contributed by atoms with E-state index in [9.17, 15) is 4.79 Å². The molecular formula is C16H17NO2. The molecule has 0 bridgehead atoms. The van der Waals surface area contributed by atoms with Gasteiger partial charge in [0.05, 0.1) is 7.11 Å². The molecule has 0 aliphatic rings. The number of anilines is 1. The maximum Gasteiger partial charge on any atom is 0.255 e. The number of rotatable bonds is 3. The van der Waals surface area contributed by atoms with Gasteiger partial charge in [0.15, 0.2) is 0 Å².